The lowest BCUT2D eigenvalue weighted by Crippen LogP contribution is -2.43. The van der Waals surface area contributed by atoms with Gasteiger partial charge in [-0.2, -0.15) is 5.10 Å². The van der Waals surface area contributed by atoms with Crippen molar-refractivity contribution in [1.29, 1.82) is 0 Å². The van der Waals surface area contributed by atoms with Gasteiger partial charge in [0.05, 0.1) is 31.0 Å². The number of nitrogens with zero attached hydrogens (tertiary/aromatic N) is 3. The second-order valence-corrected chi connectivity index (χ2v) is 5.78. The van der Waals surface area contributed by atoms with E-state index in [2.05, 4.69) is 15.2 Å². The number of pyridine rings is 1. The molecule has 3 heterocycles. The number of nitrogen functional groups attached to an aromatic ring is 1. The van der Waals surface area contributed by atoms with E-state index in [9.17, 15) is 4.79 Å². The van der Waals surface area contributed by atoms with E-state index in [0.29, 0.717) is 31.9 Å². The molecule has 2 aromatic rings. The molecule has 122 valence electrons. The Labute approximate surface area is 134 Å². The van der Waals surface area contributed by atoms with Crippen LogP contribution in [0.15, 0.2) is 18.2 Å². The van der Waals surface area contributed by atoms with Crippen LogP contribution in [0.3, 0.4) is 0 Å². The highest BCUT2D eigenvalue weighted by Gasteiger charge is 2.27. The van der Waals surface area contributed by atoms with E-state index in [1.807, 2.05) is 30.9 Å². The van der Waals surface area contributed by atoms with Crippen molar-refractivity contribution in [1.82, 2.24) is 20.1 Å². The van der Waals surface area contributed by atoms with E-state index in [0.717, 1.165) is 22.6 Å². The number of anilines is 1. The predicted molar refractivity (Wildman–Crippen MR) is 85.7 cm³/mol. The second-order valence-electron chi connectivity index (χ2n) is 5.78. The van der Waals surface area contributed by atoms with Crippen molar-refractivity contribution < 1.29 is 9.53 Å². The Morgan fingerprint density at radius 3 is 3.00 bits per heavy atom. The Bertz CT molecular complexity index is 693. The van der Waals surface area contributed by atoms with E-state index in [1.54, 1.807) is 6.07 Å². The topological polar surface area (TPSA) is 97.1 Å². The van der Waals surface area contributed by atoms with E-state index >= 15 is 0 Å². The molecule has 0 saturated carbocycles. The van der Waals surface area contributed by atoms with Crippen LogP contribution < -0.4 is 5.73 Å². The highest BCUT2D eigenvalue weighted by Crippen LogP contribution is 2.22. The first-order valence-electron chi connectivity index (χ1n) is 7.67. The van der Waals surface area contributed by atoms with Crippen LogP contribution in [0.2, 0.25) is 0 Å². The van der Waals surface area contributed by atoms with E-state index in [4.69, 9.17) is 10.5 Å². The molecular weight excluding hydrogens is 294 g/mol. The van der Waals surface area contributed by atoms with Crippen molar-refractivity contribution in [2.45, 2.75) is 26.4 Å². The zero-order valence-corrected chi connectivity index (χ0v) is 13.4. The SMILES string of the molecule is Cc1n[nH]c(C)c1CC(=O)N1CCOC(c2cccc(N)n2)C1. The third-order valence-corrected chi connectivity index (χ3v) is 4.15. The number of ether oxygens (including phenoxy) is 1. The predicted octanol–water partition coefficient (Wildman–Crippen LogP) is 1.15. The molecule has 1 aliphatic rings. The lowest BCUT2D eigenvalue weighted by Gasteiger charge is -2.32. The van der Waals surface area contributed by atoms with Crippen LogP contribution in [-0.4, -0.2) is 45.7 Å². The van der Waals surface area contributed by atoms with Crippen LogP contribution in [0, 0.1) is 13.8 Å². The Kier molecular flexibility index (Phi) is 4.29. The van der Waals surface area contributed by atoms with Gasteiger partial charge in [-0.15, -0.1) is 0 Å². The standard InChI is InChI=1S/C16H21N5O2/c1-10-12(11(2)20-19-10)8-16(22)21-6-7-23-14(9-21)13-4-3-5-15(17)18-13/h3-5,14H,6-9H2,1-2H3,(H2,17,18)(H,19,20). The number of aryl methyl sites for hydroxylation is 2. The fourth-order valence-corrected chi connectivity index (χ4v) is 2.80. The summed E-state index contributed by atoms with van der Waals surface area (Å²) < 4.78 is 5.75. The summed E-state index contributed by atoms with van der Waals surface area (Å²) in [6, 6.07) is 5.46. The van der Waals surface area contributed by atoms with Crippen molar-refractivity contribution in [2.75, 3.05) is 25.4 Å². The zero-order chi connectivity index (χ0) is 16.4. The molecule has 3 rings (SSSR count). The number of aromatic nitrogens is 3. The molecule has 1 saturated heterocycles. The molecule has 7 nitrogen and oxygen atoms in total. The number of H-pyrrole nitrogens is 1. The maximum atomic E-state index is 12.6. The molecule has 0 bridgehead atoms. The number of hydrogen-bond acceptors (Lipinski definition) is 5. The van der Waals surface area contributed by atoms with Gasteiger partial charge in [-0.05, 0) is 26.0 Å². The average Bonchev–Trinajstić information content (AvgIpc) is 2.87. The summed E-state index contributed by atoms with van der Waals surface area (Å²) in [5.41, 5.74) is 9.28. The number of morpholine rings is 1. The molecule has 0 radical (unpaired) electrons. The monoisotopic (exact) mass is 315 g/mol. The summed E-state index contributed by atoms with van der Waals surface area (Å²) in [5, 5.41) is 7.06. The molecule has 1 unspecified atom stereocenters. The minimum Gasteiger partial charge on any atom is -0.384 e. The van der Waals surface area contributed by atoms with Crippen molar-refractivity contribution in [3.8, 4) is 0 Å². The van der Waals surface area contributed by atoms with Crippen molar-refractivity contribution >= 4 is 11.7 Å². The molecule has 7 heteroatoms. The highest BCUT2D eigenvalue weighted by atomic mass is 16.5. The van der Waals surface area contributed by atoms with Crippen LogP contribution in [-0.2, 0) is 16.0 Å². The number of hydrogen-bond donors (Lipinski definition) is 2. The minimum absolute atomic E-state index is 0.0785. The summed E-state index contributed by atoms with van der Waals surface area (Å²) >= 11 is 0. The summed E-state index contributed by atoms with van der Waals surface area (Å²) in [6.45, 7) is 5.42. The third kappa shape index (κ3) is 3.34. The van der Waals surface area contributed by atoms with Gasteiger partial charge in [0.15, 0.2) is 0 Å². The maximum Gasteiger partial charge on any atom is 0.227 e. The van der Waals surface area contributed by atoms with Gasteiger partial charge >= 0.3 is 0 Å². The first kappa shape index (κ1) is 15.5. The van der Waals surface area contributed by atoms with Crippen LogP contribution in [0.1, 0.15) is 28.7 Å². The fraction of sp³-hybridized carbons (Fsp3) is 0.438. The van der Waals surface area contributed by atoms with Gasteiger partial charge < -0.3 is 15.4 Å². The van der Waals surface area contributed by atoms with E-state index < -0.39 is 0 Å². The molecule has 1 amide bonds. The highest BCUT2D eigenvalue weighted by molar-refractivity contribution is 5.79. The Balaban J connectivity index is 1.70. The Hall–Kier alpha value is -2.41. The zero-order valence-electron chi connectivity index (χ0n) is 13.4. The lowest BCUT2D eigenvalue weighted by atomic mass is 10.1. The van der Waals surface area contributed by atoms with Gasteiger partial charge in [-0.1, -0.05) is 6.07 Å². The Morgan fingerprint density at radius 2 is 2.30 bits per heavy atom. The molecular formula is C16H21N5O2. The van der Waals surface area contributed by atoms with Crippen molar-refractivity contribution in [2.24, 2.45) is 0 Å². The van der Waals surface area contributed by atoms with Gasteiger partial charge in [-0.3, -0.25) is 9.89 Å². The maximum absolute atomic E-state index is 12.6. The average molecular weight is 315 g/mol. The minimum atomic E-state index is -0.234. The molecule has 0 spiro atoms. The molecule has 23 heavy (non-hydrogen) atoms. The second kappa shape index (κ2) is 6.37. The number of aromatic amines is 1. The van der Waals surface area contributed by atoms with Crippen LogP contribution in [0.25, 0.3) is 0 Å². The molecule has 0 aliphatic carbocycles. The van der Waals surface area contributed by atoms with Gasteiger partial charge in [0.2, 0.25) is 5.91 Å². The van der Waals surface area contributed by atoms with E-state index in [1.165, 1.54) is 0 Å². The van der Waals surface area contributed by atoms with Gasteiger partial charge in [0.1, 0.15) is 11.9 Å². The summed E-state index contributed by atoms with van der Waals surface area (Å²) in [7, 11) is 0. The van der Waals surface area contributed by atoms with Gasteiger partial charge in [0.25, 0.3) is 0 Å². The number of carbonyl (C=O) groups excluding carboxylic acids is 1. The lowest BCUT2D eigenvalue weighted by molar-refractivity contribution is -0.138. The summed E-state index contributed by atoms with van der Waals surface area (Å²) in [6.07, 6.45) is 0.119. The molecule has 1 aliphatic heterocycles. The molecule has 1 atom stereocenters. The number of carbonyl (C=O) groups is 1. The number of nitrogens with one attached hydrogen (secondary N) is 1. The first-order valence-corrected chi connectivity index (χ1v) is 7.67. The van der Waals surface area contributed by atoms with Crippen LogP contribution in [0.5, 0.6) is 0 Å². The largest absolute Gasteiger partial charge is 0.384 e. The van der Waals surface area contributed by atoms with Crippen molar-refractivity contribution in [3.05, 3.63) is 40.8 Å². The normalized spacial score (nSPS) is 18.2. The van der Waals surface area contributed by atoms with Crippen molar-refractivity contribution in [3.63, 3.8) is 0 Å². The number of amides is 1. The third-order valence-electron chi connectivity index (χ3n) is 4.15. The van der Waals surface area contributed by atoms with Gasteiger partial charge in [0, 0.05) is 17.8 Å². The fourth-order valence-electron chi connectivity index (χ4n) is 2.80. The smallest absolute Gasteiger partial charge is 0.227 e. The molecule has 2 aromatic heterocycles. The molecule has 0 aromatic carbocycles. The first-order chi connectivity index (χ1) is 11.0. The van der Waals surface area contributed by atoms with Crippen LogP contribution >= 0.6 is 0 Å². The van der Waals surface area contributed by atoms with Gasteiger partial charge in [-0.25, -0.2) is 4.98 Å². The van der Waals surface area contributed by atoms with E-state index in [-0.39, 0.29) is 12.0 Å². The number of nitrogens with two attached hydrogens (primary N) is 1. The molecule has 3 N–H and O–H groups in total. The molecule has 1 fully saturated rings. The summed E-state index contributed by atoms with van der Waals surface area (Å²) in [4.78, 5) is 18.7. The quantitative estimate of drug-likeness (QED) is 0.885. The Morgan fingerprint density at radius 1 is 1.48 bits per heavy atom. The van der Waals surface area contributed by atoms with Crippen LogP contribution in [0.4, 0.5) is 5.82 Å². The summed E-state index contributed by atoms with van der Waals surface area (Å²) in [5.74, 6) is 0.536. The number of rotatable bonds is 3.